The molecule has 1 nitrogen and oxygen atoms in total. The Hall–Kier alpha value is -0.110. The first-order valence-electron chi connectivity index (χ1n) is 6.14. The average molecular weight is 199 g/mol. The van der Waals surface area contributed by atoms with Crippen molar-refractivity contribution in [2.45, 2.75) is 57.4 Å². The van der Waals surface area contributed by atoms with Crippen LogP contribution in [0, 0.1) is 5.41 Å². The van der Waals surface area contributed by atoms with Crippen LogP contribution in [0.5, 0.6) is 0 Å². The number of nitrogens with one attached hydrogen (secondary N) is 1. The lowest BCUT2D eigenvalue weighted by Gasteiger charge is -2.37. The lowest BCUT2D eigenvalue weighted by molar-refractivity contribution is 0.167. The van der Waals surface area contributed by atoms with Gasteiger partial charge in [-0.05, 0) is 43.9 Å². The Balaban J connectivity index is 1.74. The second-order valence-corrected chi connectivity index (χ2v) is 5.12. The maximum absolute atomic E-state index is 12.0. The molecule has 0 heterocycles. The van der Waals surface area contributed by atoms with Crippen LogP contribution in [-0.4, -0.2) is 19.3 Å². The van der Waals surface area contributed by atoms with Crippen molar-refractivity contribution in [2.24, 2.45) is 5.41 Å². The third-order valence-electron chi connectivity index (χ3n) is 4.24. The summed E-state index contributed by atoms with van der Waals surface area (Å²) in [6.45, 7) is 0.333. The highest BCUT2D eigenvalue weighted by Crippen LogP contribution is 2.48. The molecule has 0 radical (unpaired) electrons. The van der Waals surface area contributed by atoms with Crippen molar-refractivity contribution in [2.75, 3.05) is 13.2 Å². The summed E-state index contributed by atoms with van der Waals surface area (Å²) < 4.78 is 12.0. The highest BCUT2D eigenvalue weighted by molar-refractivity contribution is 4.91. The molecule has 0 atom stereocenters. The highest BCUT2D eigenvalue weighted by atomic mass is 19.1. The number of alkyl halides is 1. The third-order valence-corrected chi connectivity index (χ3v) is 4.24. The topological polar surface area (TPSA) is 12.0 Å². The largest absolute Gasteiger partial charge is 0.311 e. The molecule has 0 bridgehead atoms. The zero-order valence-corrected chi connectivity index (χ0v) is 9.03. The van der Waals surface area contributed by atoms with Crippen LogP contribution in [0.3, 0.4) is 0 Å². The van der Waals surface area contributed by atoms with E-state index < -0.39 is 0 Å². The molecule has 1 spiro atoms. The van der Waals surface area contributed by atoms with E-state index in [9.17, 15) is 4.39 Å². The van der Waals surface area contributed by atoms with Gasteiger partial charge in [0.05, 0.1) is 0 Å². The standard InChI is InChI=1S/C12H22FN/c13-9-10-14-11-3-7-12(8-4-11)5-1-2-6-12/h11,14H,1-10H2. The molecule has 82 valence electrons. The molecule has 2 aliphatic rings. The van der Waals surface area contributed by atoms with E-state index in [4.69, 9.17) is 0 Å². The van der Waals surface area contributed by atoms with Gasteiger partial charge in [0.15, 0.2) is 0 Å². The first-order valence-corrected chi connectivity index (χ1v) is 6.14. The van der Waals surface area contributed by atoms with Gasteiger partial charge >= 0.3 is 0 Å². The molecular formula is C12H22FN. The molecular weight excluding hydrogens is 177 g/mol. The van der Waals surface area contributed by atoms with E-state index in [-0.39, 0.29) is 6.67 Å². The first-order chi connectivity index (χ1) is 6.85. The normalized spacial score (nSPS) is 27.2. The van der Waals surface area contributed by atoms with Crippen molar-refractivity contribution < 1.29 is 4.39 Å². The molecule has 2 saturated carbocycles. The molecule has 2 rings (SSSR count). The molecule has 0 aromatic heterocycles. The predicted octanol–water partition coefficient (Wildman–Crippen LogP) is 3.05. The van der Waals surface area contributed by atoms with Crippen molar-refractivity contribution in [1.82, 2.24) is 5.32 Å². The second kappa shape index (κ2) is 4.61. The van der Waals surface area contributed by atoms with E-state index in [1.165, 1.54) is 51.4 Å². The Kier molecular flexibility index (Phi) is 3.42. The lowest BCUT2D eigenvalue weighted by atomic mass is 9.71. The lowest BCUT2D eigenvalue weighted by Crippen LogP contribution is -2.37. The summed E-state index contributed by atoms with van der Waals surface area (Å²) in [6.07, 6.45) is 11.1. The van der Waals surface area contributed by atoms with Gasteiger partial charge in [0, 0.05) is 12.6 Å². The Bertz CT molecular complexity index is 165. The third kappa shape index (κ3) is 2.28. The quantitative estimate of drug-likeness (QED) is 0.736. The Labute approximate surface area is 86.5 Å². The maximum Gasteiger partial charge on any atom is 0.102 e. The van der Waals surface area contributed by atoms with Crippen LogP contribution in [0.4, 0.5) is 4.39 Å². The zero-order valence-electron chi connectivity index (χ0n) is 9.03. The Morgan fingerprint density at radius 3 is 2.29 bits per heavy atom. The monoisotopic (exact) mass is 199 g/mol. The molecule has 2 fully saturated rings. The van der Waals surface area contributed by atoms with Crippen LogP contribution >= 0.6 is 0 Å². The SMILES string of the molecule is FCCNC1CCC2(CCCC2)CC1. The summed E-state index contributed by atoms with van der Waals surface area (Å²) >= 11 is 0. The molecule has 0 aliphatic heterocycles. The van der Waals surface area contributed by atoms with Crippen molar-refractivity contribution in [3.05, 3.63) is 0 Å². The van der Waals surface area contributed by atoms with Gasteiger partial charge in [-0.15, -0.1) is 0 Å². The van der Waals surface area contributed by atoms with Crippen LogP contribution in [0.2, 0.25) is 0 Å². The van der Waals surface area contributed by atoms with Crippen LogP contribution < -0.4 is 5.32 Å². The molecule has 2 heteroatoms. The van der Waals surface area contributed by atoms with Crippen molar-refractivity contribution in [1.29, 1.82) is 0 Å². The van der Waals surface area contributed by atoms with Gasteiger partial charge in [0.2, 0.25) is 0 Å². The summed E-state index contributed by atoms with van der Waals surface area (Å²) in [5, 5.41) is 3.30. The smallest absolute Gasteiger partial charge is 0.102 e. The van der Waals surface area contributed by atoms with Crippen molar-refractivity contribution >= 4 is 0 Å². The summed E-state index contributed by atoms with van der Waals surface area (Å²) in [5.74, 6) is 0. The number of hydrogen-bond donors (Lipinski definition) is 1. The molecule has 2 aliphatic carbocycles. The minimum atomic E-state index is -0.221. The molecule has 0 amide bonds. The summed E-state index contributed by atoms with van der Waals surface area (Å²) in [6, 6.07) is 0.608. The molecule has 0 aromatic rings. The van der Waals surface area contributed by atoms with Crippen LogP contribution in [0.1, 0.15) is 51.4 Å². The number of rotatable bonds is 3. The minimum Gasteiger partial charge on any atom is -0.311 e. The van der Waals surface area contributed by atoms with E-state index >= 15 is 0 Å². The predicted molar refractivity (Wildman–Crippen MR) is 57.1 cm³/mol. The molecule has 1 N–H and O–H groups in total. The van der Waals surface area contributed by atoms with Crippen molar-refractivity contribution in [3.8, 4) is 0 Å². The molecule has 0 aromatic carbocycles. The van der Waals surface area contributed by atoms with Gasteiger partial charge in [-0.2, -0.15) is 0 Å². The van der Waals surface area contributed by atoms with Gasteiger partial charge in [-0.1, -0.05) is 12.8 Å². The van der Waals surface area contributed by atoms with Gasteiger partial charge in [-0.3, -0.25) is 0 Å². The Morgan fingerprint density at radius 1 is 1.07 bits per heavy atom. The fraction of sp³-hybridized carbons (Fsp3) is 1.00. The van der Waals surface area contributed by atoms with Gasteiger partial charge in [0.1, 0.15) is 6.67 Å². The van der Waals surface area contributed by atoms with E-state index in [0.717, 1.165) is 0 Å². The van der Waals surface area contributed by atoms with Crippen LogP contribution in [-0.2, 0) is 0 Å². The van der Waals surface area contributed by atoms with Gasteiger partial charge < -0.3 is 5.32 Å². The van der Waals surface area contributed by atoms with Crippen molar-refractivity contribution in [3.63, 3.8) is 0 Å². The van der Waals surface area contributed by atoms with Crippen LogP contribution in [0.25, 0.3) is 0 Å². The minimum absolute atomic E-state index is 0.221. The highest BCUT2D eigenvalue weighted by Gasteiger charge is 2.37. The average Bonchev–Trinajstić information content (AvgIpc) is 2.66. The zero-order chi connectivity index (χ0) is 9.86. The number of hydrogen-bond acceptors (Lipinski definition) is 1. The molecule has 0 saturated heterocycles. The van der Waals surface area contributed by atoms with E-state index in [1.54, 1.807) is 0 Å². The summed E-state index contributed by atoms with van der Waals surface area (Å²) in [5.41, 5.74) is 0.716. The molecule has 14 heavy (non-hydrogen) atoms. The summed E-state index contributed by atoms with van der Waals surface area (Å²) in [7, 11) is 0. The Morgan fingerprint density at radius 2 is 1.71 bits per heavy atom. The first kappa shape index (κ1) is 10.4. The van der Waals surface area contributed by atoms with Crippen LogP contribution in [0.15, 0.2) is 0 Å². The summed E-state index contributed by atoms with van der Waals surface area (Å²) in [4.78, 5) is 0. The second-order valence-electron chi connectivity index (χ2n) is 5.12. The molecule has 0 unspecified atom stereocenters. The fourth-order valence-corrected chi connectivity index (χ4v) is 3.32. The van der Waals surface area contributed by atoms with E-state index in [1.807, 2.05) is 0 Å². The number of halogens is 1. The van der Waals surface area contributed by atoms with E-state index in [0.29, 0.717) is 18.0 Å². The maximum atomic E-state index is 12.0. The van der Waals surface area contributed by atoms with E-state index in [2.05, 4.69) is 5.32 Å². The fourth-order valence-electron chi connectivity index (χ4n) is 3.32. The van der Waals surface area contributed by atoms with Gasteiger partial charge in [0.25, 0.3) is 0 Å². The van der Waals surface area contributed by atoms with Gasteiger partial charge in [-0.25, -0.2) is 4.39 Å².